The van der Waals surface area contributed by atoms with Crippen LogP contribution in [0.4, 0.5) is 5.69 Å². The van der Waals surface area contributed by atoms with Crippen LogP contribution < -0.4 is 5.32 Å². The van der Waals surface area contributed by atoms with Crippen molar-refractivity contribution in [1.29, 1.82) is 0 Å². The van der Waals surface area contributed by atoms with Crippen molar-refractivity contribution < 1.29 is 13.2 Å². The molecule has 0 aromatic heterocycles. The van der Waals surface area contributed by atoms with Gasteiger partial charge in [0.2, 0.25) is 10.0 Å². The average Bonchev–Trinajstić information content (AvgIpc) is 2.84. The molecule has 1 aliphatic heterocycles. The molecule has 0 spiro atoms. The van der Waals surface area contributed by atoms with Gasteiger partial charge < -0.3 is 5.32 Å². The summed E-state index contributed by atoms with van der Waals surface area (Å²) < 4.78 is 27.8. The molecule has 0 aliphatic carbocycles. The summed E-state index contributed by atoms with van der Waals surface area (Å²) in [6, 6.07) is 24.5. The molecule has 0 unspecified atom stereocenters. The molecule has 4 rings (SSSR count). The minimum absolute atomic E-state index is 0.00919. The lowest BCUT2D eigenvalue weighted by atomic mass is 9.91. The Morgan fingerprint density at radius 3 is 2.18 bits per heavy atom. The highest BCUT2D eigenvalue weighted by Gasteiger charge is 2.29. The fourth-order valence-corrected chi connectivity index (χ4v) is 5.69. The zero-order valence-electron chi connectivity index (χ0n) is 18.9. The Bertz CT molecular complexity index is 1170. The summed E-state index contributed by atoms with van der Waals surface area (Å²) in [5.74, 6) is 0.501. The molecule has 0 saturated carbocycles. The lowest BCUT2D eigenvalue weighted by molar-refractivity contribution is 0.101. The standard InChI is InChI=1S/C27H30N2O3S/c1-21-7-9-24(10-8-21)27(30)20-28-25-11-13-26(14-12-25)33(31,32)29-17-15-23(16-18-29)19-22-5-3-2-4-6-22/h2-14,23,28H,15-20H2,1H3. The number of piperidine rings is 1. The molecule has 3 aromatic rings. The number of anilines is 1. The fraction of sp³-hybridized carbons (Fsp3) is 0.296. The second kappa shape index (κ2) is 10.3. The van der Waals surface area contributed by atoms with Crippen molar-refractivity contribution in [1.82, 2.24) is 4.31 Å². The van der Waals surface area contributed by atoms with Crippen LogP contribution in [0.3, 0.4) is 0 Å². The second-order valence-corrected chi connectivity index (χ2v) is 10.6. The van der Waals surface area contributed by atoms with Gasteiger partial charge in [-0.1, -0.05) is 60.2 Å². The van der Waals surface area contributed by atoms with Gasteiger partial charge in [-0.15, -0.1) is 0 Å². The van der Waals surface area contributed by atoms with Gasteiger partial charge in [0, 0.05) is 24.3 Å². The van der Waals surface area contributed by atoms with Crippen molar-refractivity contribution in [3.05, 3.63) is 95.6 Å². The van der Waals surface area contributed by atoms with E-state index in [-0.39, 0.29) is 12.3 Å². The number of aryl methyl sites for hydroxylation is 1. The van der Waals surface area contributed by atoms with E-state index in [9.17, 15) is 13.2 Å². The second-order valence-electron chi connectivity index (χ2n) is 8.70. The molecule has 0 atom stereocenters. The molecule has 172 valence electrons. The van der Waals surface area contributed by atoms with Crippen LogP contribution >= 0.6 is 0 Å². The van der Waals surface area contributed by atoms with Crippen molar-refractivity contribution in [3.63, 3.8) is 0 Å². The van der Waals surface area contributed by atoms with Crippen LogP contribution in [0.15, 0.2) is 83.8 Å². The van der Waals surface area contributed by atoms with E-state index in [4.69, 9.17) is 0 Å². The van der Waals surface area contributed by atoms with Crippen molar-refractivity contribution in [2.75, 3.05) is 25.0 Å². The summed E-state index contributed by atoms with van der Waals surface area (Å²) in [7, 11) is -3.51. The SMILES string of the molecule is Cc1ccc(C(=O)CNc2ccc(S(=O)(=O)N3CCC(Cc4ccccc4)CC3)cc2)cc1. The van der Waals surface area contributed by atoms with Gasteiger partial charge in [0.25, 0.3) is 0 Å². The number of benzene rings is 3. The monoisotopic (exact) mass is 462 g/mol. The number of nitrogens with one attached hydrogen (secondary N) is 1. The van der Waals surface area contributed by atoms with Crippen LogP contribution in [0, 0.1) is 12.8 Å². The maximum absolute atomic E-state index is 13.1. The first-order valence-electron chi connectivity index (χ1n) is 11.4. The average molecular weight is 463 g/mol. The lowest BCUT2D eigenvalue weighted by Crippen LogP contribution is -2.38. The van der Waals surface area contributed by atoms with Crippen LogP contribution in [0.2, 0.25) is 0 Å². The highest BCUT2D eigenvalue weighted by Crippen LogP contribution is 2.26. The number of ketones is 1. The molecule has 1 aliphatic rings. The molecule has 1 saturated heterocycles. The molecule has 33 heavy (non-hydrogen) atoms. The van der Waals surface area contributed by atoms with Gasteiger partial charge in [-0.3, -0.25) is 4.79 Å². The molecule has 1 heterocycles. The van der Waals surface area contributed by atoms with Crippen LogP contribution in [0.5, 0.6) is 0 Å². The molecule has 0 radical (unpaired) electrons. The highest BCUT2D eigenvalue weighted by molar-refractivity contribution is 7.89. The Hall–Kier alpha value is -2.96. The summed E-state index contributed by atoms with van der Waals surface area (Å²) in [5, 5.41) is 3.09. The number of carbonyl (C=O) groups excluding carboxylic acids is 1. The van der Waals surface area contributed by atoms with Crippen molar-refractivity contribution >= 4 is 21.5 Å². The third kappa shape index (κ3) is 5.89. The minimum atomic E-state index is -3.51. The van der Waals surface area contributed by atoms with Crippen molar-refractivity contribution in [2.45, 2.75) is 31.1 Å². The predicted octanol–water partition coefficient (Wildman–Crippen LogP) is 4.93. The van der Waals surface area contributed by atoms with Gasteiger partial charge in [-0.05, 0) is 61.9 Å². The van der Waals surface area contributed by atoms with Gasteiger partial charge >= 0.3 is 0 Å². The van der Waals surface area contributed by atoms with E-state index in [0.717, 1.165) is 30.5 Å². The number of carbonyl (C=O) groups is 1. The first-order chi connectivity index (χ1) is 15.9. The first kappa shape index (κ1) is 23.2. The van der Waals surface area contributed by atoms with E-state index in [0.29, 0.717) is 29.5 Å². The smallest absolute Gasteiger partial charge is 0.243 e. The lowest BCUT2D eigenvalue weighted by Gasteiger charge is -2.31. The molecule has 0 bridgehead atoms. The van der Waals surface area contributed by atoms with Crippen LogP contribution in [0.1, 0.15) is 34.3 Å². The number of rotatable bonds is 8. The number of Topliss-reactive ketones (excluding diaryl/α,β-unsaturated/α-hetero) is 1. The summed E-state index contributed by atoms with van der Waals surface area (Å²) >= 11 is 0. The van der Waals surface area contributed by atoms with Crippen LogP contribution in [0.25, 0.3) is 0 Å². The molecule has 1 N–H and O–H groups in total. The summed E-state index contributed by atoms with van der Waals surface area (Å²) in [4.78, 5) is 12.6. The molecule has 6 heteroatoms. The van der Waals surface area contributed by atoms with E-state index < -0.39 is 10.0 Å². The first-order valence-corrected chi connectivity index (χ1v) is 12.8. The molecule has 0 amide bonds. The minimum Gasteiger partial charge on any atom is -0.378 e. The van der Waals surface area contributed by atoms with E-state index >= 15 is 0 Å². The number of sulfonamides is 1. The molecular weight excluding hydrogens is 432 g/mol. The van der Waals surface area contributed by atoms with E-state index in [1.807, 2.05) is 49.4 Å². The third-order valence-electron chi connectivity index (χ3n) is 6.26. The third-order valence-corrected chi connectivity index (χ3v) is 8.17. The normalized spacial score (nSPS) is 15.3. The van der Waals surface area contributed by atoms with Crippen LogP contribution in [-0.4, -0.2) is 38.1 Å². The summed E-state index contributed by atoms with van der Waals surface area (Å²) in [6.45, 7) is 3.23. The Kier molecular flexibility index (Phi) is 7.26. The number of hydrogen-bond acceptors (Lipinski definition) is 4. The molecular formula is C27H30N2O3S. The number of hydrogen-bond donors (Lipinski definition) is 1. The highest BCUT2D eigenvalue weighted by atomic mass is 32.2. The Balaban J connectivity index is 1.31. The van der Waals surface area contributed by atoms with E-state index in [1.54, 1.807) is 28.6 Å². The van der Waals surface area contributed by atoms with Gasteiger partial charge in [0.1, 0.15) is 0 Å². The molecule has 3 aromatic carbocycles. The van der Waals surface area contributed by atoms with Gasteiger partial charge in [0.15, 0.2) is 5.78 Å². The summed E-state index contributed by atoms with van der Waals surface area (Å²) in [5.41, 5.74) is 3.79. The predicted molar refractivity (Wildman–Crippen MR) is 132 cm³/mol. The van der Waals surface area contributed by atoms with Gasteiger partial charge in [0.05, 0.1) is 11.4 Å². The van der Waals surface area contributed by atoms with E-state index in [2.05, 4.69) is 17.4 Å². The maximum Gasteiger partial charge on any atom is 0.243 e. The molecule has 5 nitrogen and oxygen atoms in total. The Labute approximate surface area is 196 Å². The van der Waals surface area contributed by atoms with Crippen molar-refractivity contribution in [3.8, 4) is 0 Å². The van der Waals surface area contributed by atoms with Crippen LogP contribution in [-0.2, 0) is 16.4 Å². The Morgan fingerprint density at radius 1 is 0.909 bits per heavy atom. The maximum atomic E-state index is 13.1. The fourth-order valence-electron chi connectivity index (χ4n) is 4.22. The van der Waals surface area contributed by atoms with Gasteiger partial charge in [-0.25, -0.2) is 8.42 Å². The number of nitrogens with zero attached hydrogens (tertiary/aromatic N) is 1. The van der Waals surface area contributed by atoms with Crippen molar-refractivity contribution in [2.24, 2.45) is 5.92 Å². The van der Waals surface area contributed by atoms with E-state index in [1.165, 1.54) is 5.56 Å². The zero-order valence-corrected chi connectivity index (χ0v) is 19.7. The summed E-state index contributed by atoms with van der Waals surface area (Å²) in [6.07, 6.45) is 2.74. The topological polar surface area (TPSA) is 66.5 Å². The quantitative estimate of drug-likeness (QED) is 0.482. The zero-order chi connectivity index (χ0) is 23.3. The van der Waals surface area contributed by atoms with Gasteiger partial charge in [-0.2, -0.15) is 4.31 Å². The molecule has 1 fully saturated rings. The Morgan fingerprint density at radius 2 is 1.55 bits per heavy atom. The largest absolute Gasteiger partial charge is 0.378 e.